The van der Waals surface area contributed by atoms with Gasteiger partial charge in [-0.2, -0.15) is 0 Å². The van der Waals surface area contributed by atoms with Gasteiger partial charge in [-0.1, -0.05) is 41.4 Å². The van der Waals surface area contributed by atoms with Crippen molar-refractivity contribution in [2.45, 2.75) is 27.3 Å². The molecule has 4 aromatic rings. The second kappa shape index (κ2) is 8.42. The molecule has 0 saturated carbocycles. The highest BCUT2D eigenvalue weighted by atomic mass is 35.5. The van der Waals surface area contributed by atoms with Crippen molar-refractivity contribution >= 4 is 44.8 Å². The molecule has 0 aliphatic heterocycles. The monoisotopic (exact) mass is 458 g/mol. The highest BCUT2D eigenvalue weighted by Gasteiger charge is 2.19. The maximum Gasteiger partial charge on any atom is 0.263 e. The van der Waals surface area contributed by atoms with Crippen LogP contribution in [0.3, 0.4) is 0 Å². The van der Waals surface area contributed by atoms with Crippen LogP contribution in [0.4, 0.5) is 0 Å². The van der Waals surface area contributed by atoms with Crippen molar-refractivity contribution in [2.24, 2.45) is 0 Å². The number of hydrogen-bond donors (Lipinski definition) is 0. The van der Waals surface area contributed by atoms with Gasteiger partial charge in [0.15, 0.2) is 0 Å². The summed E-state index contributed by atoms with van der Waals surface area (Å²) in [7, 11) is 0. The number of rotatable bonds is 5. The van der Waals surface area contributed by atoms with Crippen molar-refractivity contribution in [1.82, 2.24) is 9.55 Å². The second-order valence-electron chi connectivity index (χ2n) is 6.97. The molecule has 0 radical (unpaired) electrons. The Morgan fingerprint density at radius 1 is 1.07 bits per heavy atom. The standard InChI is InChI=1S/C23H20Cl2N2O2S/c1-4-29-17-8-6-16(7-9-17)20-13(2)30-22-21(20)23(28)27(14(3)26-22)12-15-5-10-18(24)19(25)11-15/h5-11H,4,12H2,1-3H3. The van der Waals surface area contributed by atoms with E-state index >= 15 is 0 Å². The normalized spacial score (nSPS) is 11.2. The third-order valence-electron chi connectivity index (χ3n) is 4.96. The van der Waals surface area contributed by atoms with E-state index in [1.807, 2.05) is 51.1 Å². The molecule has 0 aliphatic rings. The van der Waals surface area contributed by atoms with Crippen LogP contribution in [-0.4, -0.2) is 16.2 Å². The summed E-state index contributed by atoms with van der Waals surface area (Å²) >= 11 is 13.7. The van der Waals surface area contributed by atoms with Crippen LogP contribution in [0.25, 0.3) is 21.3 Å². The van der Waals surface area contributed by atoms with Gasteiger partial charge in [0.25, 0.3) is 5.56 Å². The lowest BCUT2D eigenvalue weighted by Gasteiger charge is -2.11. The molecule has 2 aromatic heterocycles. The van der Waals surface area contributed by atoms with E-state index in [4.69, 9.17) is 32.9 Å². The van der Waals surface area contributed by atoms with E-state index in [-0.39, 0.29) is 5.56 Å². The molecule has 2 heterocycles. The van der Waals surface area contributed by atoms with Gasteiger partial charge in [-0.05, 0) is 56.2 Å². The summed E-state index contributed by atoms with van der Waals surface area (Å²) < 4.78 is 7.23. The molecule has 2 aromatic carbocycles. The van der Waals surface area contributed by atoms with Gasteiger partial charge in [0.1, 0.15) is 16.4 Å². The van der Waals surface area contributed by atoms with Crippen molar-refractivity contribution in [2.75, 3.05) is 6.61 Å². The zero-order valence-electron chi connectivity index (χ0n) is 16.8. The Labute approximate surface area is 188 Å². The molecular formula is C23H20Cl2N2O2S. The maximum absolute atomic E-state index is 13.5. The van der Waals surface area contributed by atoms with Gasteiger partial charge in [-0.15, -0.1) is 11.3 Å². The van der Waals surface area contributed by atoms with Crippen LogP contribution in [0.15, 0.2) is 47.3 Å². The van der Waals surface area contributed by atoms with Crippen LogP contribution in [0.5, 0.6) is 5.75 Å². The van der Waals surface area contributed by atoms with Crippen LogP contribution in [-0.2, 0) is 6.54 Å². The van der Waals surface area contributed by atoms with Crippen LogP contribution in [0.2, 0.25) is 10.0 Å². The number of benzene rings is 2. The molecule has 7 heteroatoms. The molecule has 30 heavy (non-hydrogen) atoms. The molecule has 0 spiro atoms. The van der Waals surface area contributed by atoms with E-state index in [1.54, 1.807) is 28.0 Å². The Kier molecular flexibility index (Phi) is 5.87. The average molecular weight is 459 g/mol. The third kappa shape index (κ3) is 3.85. The van der Waals surface area contributed by atoms with Crippen LogP contribution in [0, 0.1) is 13.8 Å². The van der Waals surface area contributed by atoms with Gasteiger partial charge in [-0.3, -0.25) is 9.36 Å². The van der Waals surface area contributed by atoms with E-state index in [2.05, 4.69) is 0 Å². The summed E-state index contributed by atoms with van der Waals surface area (Å²) in [5, 5.41) is 1.60. The number of halogens is 2. The van der Waals surface area contributed by atoms with E-state index in [9.17, 15) is 4.79 Å². The summed E-state index contributed by atoms with van der Waals surface area (Å²) in [6.45, 7) is 6.82. The first-order chi connectivity index (χ1) is 14.4. The van der Waals surface area contributed by atoms with Gasteiger partial charge in [0.2, 0.25) is 0 Å². The lowest BCUT2D eigenvalue weighted by molar-refractivity contribution is 0.340. The van der Waals surface area contributed by atoms with Crippen molar-refractivity contribution in [3.8, 4) is 16.9 Å². The Bertz CT molecular complexity index is 1290. The van der Waals surface area contributed by atoms with Gasteiger partial charge in [-0.25, -0.2) is 4.98 Å². The maximum atomic E-state index is 13.5. The molecular weight excluding hydrogens is 439 g/mol. The third-order valence-corrected chi connectivity index (χ3v) is 6.70. The van der Waals surface area contributed by atoms with E-state index in [0.717, 1.165) is 32.1 Å². The number of fused-ring (bicyclic) bond motifs is 1. The molecule has 0 bridgehead atoms. The number of nitrogens with zero attached hydrogens (tertiary/aromatic N) is 2. The molecule has 0 N–H and O–H groups in total. The molecule has 0 fully saturated rings. The van der Waals surface area contributed by atoms with Crippen molar-refractivity contribution < 1.29 is 4.74 Å². The number of hydrogen-bond acceptors (Lipinski definition) is 4. The Morgan fingerprint density at radius 3 is 2.47 bits per heavy atom. The number of thiophene rings is 1. The summed E-state index contributed by atoms with van der Waals surface area (Å²) in [4.78, 5) is 20.1. The molecule has 4 nitrogen and oxygen atoms in total. The van der Waals surface area contributed by atoms with Gasteiger partial charge < -0.3 is 4.74 Å². The SMILES string of the molecule is CCOc1ccc(-c2c(C)sc3nc(C)n(Cc4ccc(Cl)c(Cl)c4)c(=O)c23)cc1. The van der Waals surface area contributed by atoms with Crippen molar-refractivity contribution in [1.29, 1.82) is 0 Å². The number of ether oxygens (including phenoxy) is 1. The zero-order valence-corrected chi connectivity index (χ0v) is 19.2. The quantitative estimate of drug-likeness (QED) is 0.342. The second-order valence-corrected chi connectivity index (χ2v) is 8.99. The smallest absolute Gasteiger partial charge is 0.263 e. The highest BCUT2D eigenvalue weighted by Crippen LogP contribution is 2.36. The minimum atomic E-state index is -0.0585. The molecule has 0 saturated heterocycles. The Hall–Kier alpha value is -2.34. The molecule has 154 valence electrons. The number of aromatic nitrogens is 2. The first-order valence-electron chi connectivity index (χ1n) is 9.56. The average Bonchev–Trinajstić information content (AvgIpc) is 3.04. The minimum absolute atomic E-state index is 0.0585. The van der Waals surface area contributed by atoms with Crippen LogP contribution < -0.4 is 10.3 Å². The predicted octanol–water partition coefficient (Wildman–Crippen LogP) is 6.50. The highest BCUT2D eigenvalue weighted by molar-refractivity contribution is 7.19. The van der Waals surface area contributed by atoms with Gasteiger partial charge >= 0.3 is 0 Å². The van der Waals surface area contributed by atoms with Crippen LogP contribution >= 0.6 is 34.5 Å². The first-order valence-corrected chi connectivity index (χ1v) is 11.1. The lowest BCUT2D eigenvalue weighted by atomic mass is 10.0. The fraction of sp³-hybridized carbons (Fsp3) is 0.217. The molecule has 0 aliphatic carbocycles. The van der Waals surface area contributed by atoms with E-state index in [1.165, 1.54) is 0 Å². The number of aryl methyl sites for hydroxylation is 2. The Morgan fingerprint density at radius 2 is 1.80 bits per heavy atom. The molecule has 0 unspecified atom stereocenters. The van der Waals surface area contributed by atoms with E-state index < -0.39 is 0 Å². The minimum Gasteiger partial charge on any atom is -0.494 e. The zero-order chi connectivity index (χ0) is 21.4. The predicted molar refractivity (Wildman–Crippen MR) is 126 cm³/mol. The molecule has 4 rings (SSSR count). The summed E-state index contributed by atoms with van der Waals surface area (Å²) in [6.07, 6.45) is 0. The fourth-order valence-corrected chi connectivity index (χ4v) is 4.94. The summed E-state index contributed by atoms with van der Waals surface area (Å²) in [5.41, 5.74) is 2.74. The van der Waals surface area contributed by atoms with Gasteiger partial charge in [0, 0.05) is 10.4 Å². The van der Waals surface area contributed by atoms with Crippen molar-refractivity contribution in [3.63, 3.8) is 0 Å². The fourth-order valence-electron chi connectivity index (χ4n) is 3.54. The van der Waals surface area contributed by atoms with E-state index in [0.29, 0.717) is 34.4 Å². The van der Waals surface area contributed by atoms with Crippen molar-refractivity contribution in [3.05, 3.63) is 79.1 Å². The summed E-state index contributed by atoms with van der Waals surface area (Å²) in [6, 6.07) is 13.2. The Balaban J connectivity index is 1.85. The largest absolute Gasteiger partial charge is 0.494 e. The molecule has 0 amide bonds. The lowest BCUT2D eigenvalue weighted by Crippen LogP contribution is -2.24. The molecule has 0 atom stereocenters. The van der Waals surface area contributed by atoms with Gasteiger partial charge in [0.05, 0.1) is 28.6 Å². The first kappa shape index (κ1) is 20.9. The summed E-state index contributed by atoms with van der Waals surface area (Å²) in [5.74, 6) is 1.47. The van der Waals surface area contributed by atoms with Crippen LogP contribution in [0.1, 0.15) is 23.2 Å². The topological polar surface area (TPSA) is 44.1 Å².